The van der Waals surface area contributed by atoms with Crippen molar-refractivity contribution in [1.29, 1.82) is 0 Å². The minimum absolute atomic E-state index is 1.08. The maximum atomic E-state index is 2.41. The Kier molecular flexibility index (Phi) is 10.2. The van der Waals surface area contributed by atoms with Gasteiger partial charge in [0, 0.05) is 33.4 Å². The Hall–Kier alpha value is -9.24. The minimum atomic E-state index is 1.08. The molecule has 0 atom stereocenters. The highest BCUT2D eigenvalue weighted by molar-refractivity contribution is 6.16. The number of anilines is 3. The van der Waals surface area contributed by atoms with Crippen LogP contribution in [0.4, 0.5) is 17.1 Å². The van der Waals surface area contributed by atoms with Crippen LogP contribution in [0.5, 0.6) is 0 Å². The molecule has 0 saturated heterocycles. The highest BCUT2D eigenvalue weighted by Crippen LogP contribution is 2.45. The Bertz CT molecular complexity index is 4020. The fourth-order valence-electron chi connectivity index (χ4n) is 10.7. The van der Waals surface area contributed by atoms with Gasteiger partial charge >= 0.3 is 0 Å². The molecule has 0 unspecified atom stereocenters. The van der Waals surface area contributed by atoms with Crippen molar-refractivity contribution < 1.29 is 0 Å². The summed E-state index contributed by atoms with van der Waals surface area (Å²) in [6.45, 7) is 0. The fourth-order valence-corrected chi connectivity index (χ4v) is 10.7. The lowest BCUT2D eigenvalue weighted by Crippen LogP contribution is -2.11. The zero-order chi connectivity index (χ0) is 46.4. The number of hydrogen-bond acceptors (Lipinski definition) is 1. The van der Waals surface area contributed by atoms with E-state index < -0.39 is 0 Å². The molecule has 70 heavy (non-hydrogen) atoms. The molecule has 13 aromatic rings. The number of aromatic nitrogens is 1. The van der Waals surface area contributed by atoms with Crippen LogP contribution in [0.2, 0.25) is 0 Å². The van der Waals surface area contributed by atoms with Gasteiger partial charge in [0.15, 0.2) is 0 Å². The van der Waals surface area contributed by atoms with Crippen LogP contribution in [0, 0.1) is 0 Å². The van der Waals surface area contributed by atoms with Crippen LogP contribution in [0.25, 0.3) is 105 Å². The van der Waals surface area contributed by atoms with E-state index in [1.165, 1.54) is 87.9 Å². The largest absolute Gasteiger partial charge is 0.310 e. The average molecular weight is 891 g/mol. The van der Waals surface area contributed by atoms with Crippen molar-refractivity contribution >= 4 is 60.4 Å². The average Bonchev–Trinajstić information content (AvgIpc) is 3.78. The molecule has 1 aromatic heterocycles. The number of rotatable bonds is 9. The summed E-state index contributed by atoms with van der Waals surface area (Å²) < 4.78 is 2.39. The van der Waals surface area contributed by atoms with Crippen LogP contribution >= 0.6 is 0 Å². The van der Waals surface area contributed by atoms with Crippen molar-refractivity contribution in [2.45, 2.75) is 0 Å². The molecule has 0 radical (unpaired) electrons. The molecule has 0 N–H and O–H groups in total. The number of nitrogens with zero attached hydrogens (tertiary/aromatic N) is 2. The zero-order valence-electron chi connectivity index (χ0n) is 38.5. The van der Waals surface area contributed by atoms with Crippen LogP contribution in [0.15, 0.2) is 279 Å². The molecule has 13 rings (SSSR count). The highest BCUT2D eigenvalue weighted by atomic mass is 15.1. The first-order valence-electron chi connectivity index (χ1n) is 24.1. The first-order valence-corrected chi connectivity index (χ1v) is 24.1. The summed E-state index contributed by atoms with van der Waals surface area (Å²) >= 11 is 0. The first-order chi connectivity index (χ1) is 34.7. The van der Waals surface area contributed by atoms with Crippen molar-refractivity contribution in [3.63, 3.8) is 0 Å². The van der Waals surface area contributed by atoms with Crippen LogP contribution in [-0.4, -0.2) is 4.57 Å². The molecule has 1 heterocycles. The molecule has 2 heteroatoms. The second kappa shape index (κ2) is 17.4. The van der Waals surface area contributed by atoms with E-state index in [-0.39, 0.29) is 0 Å². The first kappa shape index (κ1) is 41.0. The van der Waals surface area contributed by atoms with Gasteiger partial charge in [-0.15, -0.1) is 0 Å². The van der Waals surface area contributed by atoms with E-state index >= 15 is 0 Å². The summed E-state index contributed by atoms with van der Waals surface area (Å²) in [5, 5.41) is 7.50. The van der Waals surface area contributed by atoms with Crippen molar-refractivity contribution in [2.75, 3.05) is 4.90 Å². The van der Waals surface area contributed by atoms with E-state index in [4.69, 9.17) is 0 Å². The quantitative estimate of drug-likeness (QED) is 0.140. The van der Waals surface area contributed by atoms with Gasteiger partial charge in [0.1, 0.15) is 0 Å². The highest BCUT2D eigenvalue weighted by Gasteiger charge is 2.20. The van der Waals surface area contributed by atoms with Crippen LogP contribution < -0.4 is 4.90 Å². The van der Waals surface area contributed by atoms with Gasteiger partial charge in [-0.05, 0) is 132 Å². The summed E-state index contributed by atoms with van der Waals surface area (Å²) in [4.78, 5) is 2.41. The third kappa shape index (κ3) is 7.22. The number of benzene rings is 12. The molecular weight excluding hydrogens is 845 g/mol. The lowest BCUT2D eigenvalue weighted by Gasteiger charge is -2.28. The topological polar surface area (TPSA) is 8.17 Å². The standard InChI is InChI=1S/C68H46N2/c1-2-22-55(23-3-1)70-66-32-11-9-27-64(66)68-63(30-15-33-67(68)70)54-21-12-20-53(46-54)62-26-8-10-31-65(62)69(57-44-40-52(41-45-57)61-29-14-19-50-17-5-7-25-59(50)61)56-42-38-48(39-43-56)47-34-36-51(37-35-47)60-28-13-18-49-16-4-6-24-58(49)60/h1-46H. The van der Waals surface area contributed by atoms with Crippen molar-refractivity contribution in [3.05, 3.63) is 279 Å². The molecule has 2 nitrogen and oxygen atoms in total. The van der Waals surface area contributed by atoms with E-state index in [0.717, 1.165) is 33.9 Å². The van der Waals surface area contributed by atoms with E-state index in [2.05, 4.69) is 289 Å². The minimum Gasteiger partial charge on any atom is -0.310 e. The SMILES string of the molecule is c1ccc(-n2c3ccccc3c3c(-c4cccc(-c5ccccc5N(c5ccc(-c6ccc(-c7cccc8ccccc78)cc6)cc5)c5ccc(-c6cccc7ccccc67)cc5)c4)cccc32)cc1. The predicted octanol–water partition coefficient (Wildman–Crippen LogP) is 18.9. The normalized spacial score (nSPS) is 11.4. The zero-order valence-corrected chi connectivity index (χ0v) is 38.5. The Morgan fingerprint density at radius 3 is 1.34 bits per heavy atom. The second-order valence-electron chi connectivity index (χ2n) is 18.0. The van der Waals surface area contributed by atoms with E-state index in [0.29, 0.717) is 0 Å². The summed E-state index contributed by atoms with van der Waals surface area (Å²) in [7, 11) is 0. The molecule has 0 saturated carbocycles. The van der Waals surface area contributed by atoms with Gasteiger partial charge < -0.3 is 9.47 Å². The van der Waals surface area contributed by atoms with Gasteiger partial charge in [-0.1, -0.05) is 218 Å². The smallest absolute Gasteiger partial charge is 0.0547 e. The maximum Gasteiger partial charge on any atom is 0.0547 e. The number of para-hydroxylation sites is 3. The summed E-state index contributed by atoms with van der Waals surface area (Å²) in [6.07, 6.45) is 0. The van der Waals surface area contributed by atoms with Crippen LogP contribution in [0.1, 0.15) is 0 Å². The summed E-state index contributed by atoms with van der Waals surface area (Å²) in [5.74, 6) is 0. The van der Waals surface area contributed by atoms with Gasteiger partial charge in [-0.2, -0.15) is 0 Å². The van der Waals surface area contributed by atoms with E-state index in [1.54, 1.807) is 0 Å². The van der Waals surface area contributed by atoms with Gasteiger partial charge in [0.2, 0.25) is 0 Å². The number of hydrogen-bond donors (Lipinski definition) is 0. The lowest BCUT2D eigenvalue weighted by atomic mass is 9.94. The van der Waals surface area contributed by atoms with Gasteiger partial charge in [0.05, 0.1) is 16.7 Å². The van der Waals surface area contributed by atoms with Gasteiger partial charge in [0.25, 0.3) is 0 Å². The van der Waals surface area contributed by atoms with Crippen LogP contribution in [0.3, 0.4) is 0 Å². The molecular formula is C68H46N2. The second-order valence-corrected chi connectivity index (χ2v) is 18.0. The Morgan fingerprint density at radius 1 is 0.257 bits per heavy atom. The van der Waals surface area contributed by atoms with Crippen molar-refractivity contribution in [3.8, 4) is 61.3 Å². The molecule has 0 aliphatic rings. The summed E-state index contributed by atoms with van der Waals surface area (Å²) in [5.41, 5.74) is 18.7. The Balaban J connectivity index is 0.913. The third-order valence-corrected chi connectivity index (χ3v) is 14.0. The molecule has 0 bridgehead atoms. The number of fused-ring (bicyclic) bond motifs is 5. The third-order valence-electron chi connectivity index (χ3n) is 14.0. The van der Waals surface area contributed by atoms with Gasteiger partial charge in [-0.25, -0.2) is 0 Å². The summed E-state index contributed by atoms with van der Waals surface area (Å²) in [6, 6.07) is 102. The van der Waals surface area contributed by atoms with E-state index in [1.807, 2.05) is 0 Å². The van der Waals surface area contributed by atoms with Crippen molar-refractivity contribution in [1.82, 2.24) is 4.57 Å². The Morgan fingerprint density at radius 2 is 0.686 bits per heavy atom. The van der Waals surface area contributed by atoms with Gasteiger partial charge in [-0.3, -0.25) is 0 Å². The molecule has 328 valence electrons. The monoisotopic (exact) mass is 890 g/mol. The van der Waals surface area contributed by atoms with E-state index in [9.17, 15) is 0 Å². The molecule has 0 fully saturated rings. The fraction of sp³-hybridized carbons (Fsp3) is 0. The molecule has 0 spiro atoms. The lowest BCUT2D eigenvalue weighted by molar-refractivity contribution is 1.18. The van der Waals surface area contributed by atoms with Crippen LogP contribution in [-0.2, 0) is 0 Å². The Labute approximate surface area is 408 Å². The molecule has 0 amide bonds. The molecule has 0 aliphatic heterocycles. The molecule has 12 aromatic carbocycles. The molecule has 0 aliphatic carbocycles. The predicted molar refractivity (Wildman–Crippen MR) is 298 cm³/mol. The maximum absolute atomic E-state index is 2.41. The van der Waals surface area contributed by atoms with Crippen molar-refractivity contribution in [2.24, 2.45) is 0 Å².